The summed E-state index contributed by atoms with van der Waals surface area (Å²) in [6.45, 7) is 5.55. The molecule has 0 aliphatic carbocycles. The molecule has 0 bridgehead atoms. The third-order valence-electron chi connectivity index (χ3n) is 4.94. The fraction of sp³-hybridized carbons (Fsp3) is 0.706. The standard InChI is InChI=1S/C17H27N5O2/c1-20(9-6-17(23)21-10-12-24-13-11-21)15-4-3-8-22(14-15)16-5-2-7-18-19-16/h2,5,7,15H,3-4,6,8-14H2,1H3/t15-/m1/s1. The van der Waals surface area contributed by atoms with Crippen LogP contribution in [-0.2, 0) is 9.53 Å². The number of nitrogens with zero attached hydrogens (tertiary/aromatic N) is 5. The normalized spacial score (nSPS) is 22.0. The van der Waals surface area contributed by atoms with E-state index in [0.717, 1.165) is 45.0 Å². The van der Waals surface area contributed by atoms with Gasteiger partial charge in [0.05, 0.1) is 13.2 Å². The van der Waals surface area contributed by atoms with Crippen LogP contribution < -0.4 is 4.90 Å². The van der Waals surface area contributed by atoms with Crippen LogP contribution in [0.5, 0.6) is 0 Å². The highest BCUT2D eigenvalue weighted by Gasteiger charge is 2.25. The van der Waals surface area contributed by atoms with E-state index in [0.29, 0.717) is 25.7 Å². The molecule has 1 amide bonds. The van der Waals surface area contributed by atoms with Crippen molar-refractivity contribution in [2.45, 2.75) is 25.3 Å². The fourth-order valence-electron chi connectivity index (χ4n) is 3.41. The van der Waals surface area contributed by atoms with Gasteiger partial charge in [0.2, 0.25) is 5.91 Å². The molecule has 0 unspecified atom stereocenters. The predicted octanol–water partition coefficient (Wildman–Crippen LogP) is 0.626. The van der Waals surface area contributed by atoms with Gasteiger partial charge in [-0.2, -0.15) is 5.10 Å². The molecule has 1 aromatic rings. The summed E-state index contributed by atoms with van der Waals surface area (Å²) >= 11 is 0. The van der Waals surface area contributed by atoms with E-state index in [1.807, 2.05) is 17.0 Å². The second-order valence-corrected chi connectivity index (χ2v) is 6.55. The zero-order chi connectivity index (χ0) is 16.8. The van der Waals surface area contributed by atoms with Crippen molar-refractivity contribution in [1.82, 2.24) is 20.0 Å². The number of likely N-dealkylation sites (N-methyl/N-ethyl adjacent to an activating group) is 1. The fourth-order valence-corrected chi connectivity index (χ4v) is 3.41. The zero-order valence-electron chi connectivity index (χ0n) is 14.4. The van der Waals surface area contributed by atoms with Crippen LogP contribution in [0.3, 0.4) is 0 Å². The molecule has 0 spiro atoms. The Kier molecular flexibility index (Phi) is 5.98. The number of piperidine rings is 1. The Bertz CT molecular complexity index is 521. The van der Waals surface area contributed by atoms with Crippen LogP contribution >= 0.6 is 0 Å². The first-order valence-electron chi connectivity index (χ1n) is 8.82. The van der Waals surface area contributed by atoms with Gasteiger partial charge in [-0.05, 0) is 32.0 Å². The van der Waals surface area contributed by atoms with Crippen molar-refractivity contribution in [2.24, 2.45) is 0 Å². The Morgan fingerprint density at radius 2 is 2.21 bits per heavy atom. The summed E-state index contributed by atoms with van der Waals surface area (Å²) in [6.07, 6.45) is 4.59. The molecule has 7 heteroatoms. The van der Waals surface area contributed by atoms with E-state index in [1.165, 1.54) is 6.42 Å². The average Bonchev–Trinajstić information content (AvgIpc) is 2.67. The maximum atomic E-state index is 12.3. The minimum atomic E-state index is 0.242. The summed E-state index contributed by atoms with van der Waals surface area (Å²) in [5, 5.41) is 8.19. The summed E-state index contributed by atoms with van der Waals surface area (Å²) in [5.74, 6) is 1.19. The number of carbonyl (C=O) groups is 1. The Morgan fingerprint density at radius 3 is 2.96 bits per heavy atom. The van der Waals surface area contributed by atoms with Crippen molar-refractivity contribution in [3.8, 4) is 0 Å². The number of amides is 1. The van der Waals surface area contributed by atoms with Gasteiger partial charge in [0.25, 0.3) is 0 Å². The van der Waals surface area contributed by atoms with Gasteiger partial charge in [0.1, 0.15) is 0 Å². The Balaban J connectivity index is 1.47. The number of ether oxygens (including phenoxy) is 1. The maximum absolute atomic E-state index is 12.3. The highest BCUT2D eigenvalue weighted by Crippen LogP contribution is 2.19. The molecule has 132 valence electrons. The van der Waals surface area contributed by atoms with E-state index in [4.69, 9.17) is 4.74 Å². The smallest absolute Gasteiger partial charge is 0.224 e. The largest absolute Gasteiger partial charge is 0.378 e. The van der Waals surface area contributed by atoms with E-state index < -0.39 is 0 Å². The van der Waals surface area contributed by atoms with Crippen LogP contribution in [0.2, 0.25) is 0 Å². The molecular formula is C17H27N5O2. The molecule has 0 radical (unpaired) electrons. The van der Waals surface area contributed by atoms with Crippen LogP contribution in [-0.4, -0.2) is 84.9 Å². The highest BCUT2D eigenvalue weighted by molar-refractivity contribution is 5.76. The number of morpholine rings is 1. The molecule has 7 nitrogen and oxygen atoms in total. The van der Waals surface area contributed by atoms with Crippen LogP contribution in [0.4, 0.5) is 5.82 Å². The number of carbonyl (C=O) groups excluding carboxylic acids is 1. The average molecular weight is 333 g/mol. The van der Waals surface area contributed by atoms with Gasteiger partial charge in [-0.3, -0.25) is 4.79 Å². The molecule has 3 rings (SSSR count). The first-order valence-corrected chi connectivity index (χ1v) is 8.82. The number of hydrogen-bond acceptors (Lipinski definition) is 6. The quantitative estimate of drug-likeness (QED) is 0.787. The van der Waals surface area contributed by atoms with Crippen molar-refractivity contribution < 1.29 is 9.53 Å². The second kappa shape index (κ2) is 8.39. The molecule has 3 heterocycles. The number of aromatic nitrogens is 2. The molecule has 2 aliphatic heterocycles. The van der Waals surface area contributed by atoms with E-state index in [-0.39, 0.29) is 5.91 Å². The summed E-state index contributed by atoms with van der Waals surface area (Å²) in [4.78, 5) is 18.8. The molecule has 0 saturated carbocycles. The Hall–Kier alpha value is -1.73. The van der Waals surface area contributed by atoms with Crippen molar-refractivity contribution in [1.29, 1.82) is 0 Å². The molecule has 24 heavy (non-hydrogen) atoms. The minimum Gasteiger partial charge on any atom is -0.378 e. The lowest BCUT2D eigenvalue weighted by Gasteiger charge is -2.38. The number of hydrogen-bond donors (Lipinski definition) is 0. The van der Waals surface area contributed by atoms with Crippen molar-refractivity contribution >= 4 is 11.7 Å². The zero-order valence-corrected chi connectivity index (χ0v) is 14.4. The monoisotopic (exact) mass is 333 g/mol. The SMILES string of the molecule is CN(CCC(=O)N1CCOCC1)[C@@H]1CCCN(c2cccnn2)C1. The highest BCUT2D eigenvalue weighted by atomic mass is 16.5. The number of anilines is 1. The van der Waals surface area contributed by atoms with Crippen molar-refractivity contribution in [3.63, 3.8) is 0 Å². The lowest BCUT2D eigenvalue weighted by Crippen LogP contribution is -2.48. The molecule has 2 saturated heterocycles. The molecule has 2 fully saturated rings. The molecule has 0 N–H and O–H groups in total. The Labute approximate surface area is 143 Å². The van der Waals surface area contributed by atoms with Gasteiger partial charge in [-0.15, -0.1) is 5.10 Å². The first kappa shape index (κ1) is 17.1. The van der Waals surface area contributed by atoms with E-state index in [9.17, 15) is 4.79 Å². The van der Waals surface area contributed by atoms with Crippen LogP contribution in [0.1, 0.15) is 19.3 Å². The minimum absolute atomic E-state index is 0.242. The first-order chi connectivity index (χ1) is 11.7. The van der Waals surface area contributed by atoms with Gasteiger partial charge < -0.3 is 19.4 Å². The van der Waals surface area contributed by atoms with Crippen LogP contribution in [0.15, 0.2) is 18.3 Å². The molecule has 1 atom stereocenters. The Morgan fingerprint density at radius 1 is 1.38 bits per heavy atom. The maximum Gasteiger partial charge on any atom is 0.224 e. The van der Waals surface area contributed by atoms with Gasteiger partial charge in [0.15, 0.2) is 5.82 Å². The van der Waals surface area contributed by atoms with E-state index in [1.54, 1.807) is 6.20 Å². The van der Waals surface area contributed by atoms with Crippen molar-refractivity contribution in [2.75, 3.05) is 57.9 Å². The van der Waals surface area contributed by atoms with E-state index in [2.05, 4.69) is 27.0 Å². The predicted molar refractivity (Wildman–Crippen MR) is 91.9 cm³/mol. The van der Waals surface area contributed by atoms with Crippen LogP contribution in [0, 0.1) is 0 Å². The lowest BCUT2D eigenvalue weighted by atomic mass is 10.0. The third-order valence-corrected chi connectivity index (χ3v) is 4.94. The van der Waals surface area contributed by atoms with Gasteiger partial charge in [-0.25, -0.2) is 0 Å². The van der Waals surface area contributed by atoms with Crippen LogP contribution in [0.25, 0.3) is 0 Å². The van der Waals surface area contributed by atoms with Gasteiger partial charge >= 0.3 is 0 Å². The summed E-state index contributed by atoms with van der Waals surface area (Å²) in [6, 6.07) is 4.40. The molecule has 2 aliphatic rings. The summed E-state index contributed by atoms with van der Waals surface area (Å²) in [7, 11) is 2.12. The number of rotatable bonds is 5. The third kappa shape index (κ3) is 4.42. The van der Waals surface area contributed by atoms with Gasteiger partial charge in [-0.1, -0.05) is 0 Å². The van der Waals surface area contributed by atoms with Gasteiger partial charge in [0, 0.05) is 51.4 Å². The summed E-state index contributed by atoms with van der Waals surface area (Å²) in [5.41, 5.74) is 0. The molecule has 1 aromatic heterocycles. The van der Waals surface area contributed by atoms with Crippen molar-refractivity contribution in [3.05, 3.63) is 18.3 Å². The lowest BCUT2D eigenvalue weighted by molar-refractivity contribution is -0.135. The topological polar surface area (TPSA) is 61.8 Å². The van der Waals surface area contributed by atoms with E-state index >= 15 is 0 Å². The molecule has 0 aromatic carbocycles. The second-order valence-electron chi connectivity index (χ2n) is 6.55. The molecular weight excluding hydrogens is 306 g/mol. The summed E-state index contributed by atoms with van der Waals surface area (Å²) < 4.78 is 5.30.